The van der Waals surface area contributed by atoms with Gasteiger partial charge in [-0.25, -0.2) is 19.1 Å². The summed E-state index contributed by atoms with van der Waals surface area (Å²) < 4.78 is 32.0. The van der Waals surface area contributed by atoms with Gasteiger partial charge in [0.2, 0.25) is 5.95 Å². The van der Waals surface area contributed by atoms with E-state index in [2.05, 4.69) is 32.1 Å². The van der Waals surface area contributed by atoms with Gasteiger partial charge in [-0.05, 0) is 75.2 Å². The van der Waals surface area contributed by atoms with Crippen molar-refractivity contribution in [1.29, 1.82) is 0 Å². The van der Waals surface area contributed by atoms with Gasteiger partial charge in [-0.15, -0.1) is 0 Å². The molecule has 1 saturated heterocycles. The van der Waals surface area contributed by atoms with Crippen LogP contribution < -0.4 is 24.4 Å². The number of rotatable bonds is 11. The van der Waals surface area contributed by atoms with Gasteiger partial charge in [0.05, 0.1) is 19.4 Å². The molecule has 0 radical (unpaired) electrons. The predicted octanol–water partition coefficient (Wildman–Crippen LogP) is 6.65. The highest BCUT2D eigenvalue weighted by Gasteiger charge is 2.26. The number of amides is 1. The zero-order valence-corrected chi connectivity index (χ0v) is 27.0. The van der Waals surface area contributed by atoms with Gasteiger partial charge in [0.25, 0.3) is 0 Å². The molecule has 242 valence electrons. The van der Waals surface area contributed by atoms with Crippen molar-refractivity contribution in [2.24, 2.45) is 0 Å². The molecule has 1 fully saturated rings. The zero-order valence-electron chi connectivity index (χ0n) is 27.0. The maximum Gasteiger partial charge on any atom is 0.425 e. The van der Waals surface area contributed by atoms with Gasteiger partial charge < -0.3 is 29.3 Å². The van der Waals surface area contributed by atoms with Crippen LogP contribution in [0.4, 0.5) is 32.3 Å². The van der Waals surface area contributed by atoms with Crippen LogP contribution in [0, 0.1) is 26.6 Å². The monoisotopic (exact) mass is 628 g/mol. The fraction of sp³-hybridized carbons (Fsp3) is 0.343. The van der Waals surface area contributed by atoms with Crippen molar-refractivity contribution in [3.63, 3.8) is 0 Å². The Morgan fingerprint density at radius 1 is 0.957 bits per heavy atom. The number of halogens is 1. The number of likely N-dealkylation sites (N-methyl/N-ethyl adjacent to an activating group) is 1. The molecule has 1 aromatic heterocycles. The Morgan fingerprint density at radius 3 is 2.41 bits per heavy atom. The lowest BCUT2D eigenvalue weighted by atomic mass is 10.1. The van der Waals surface area contributed by atoms with Crippen molar-refractivity contribution >= 4 is 29.2 Å². The molecule has 1 N–H and O–H groups in total. The smallest absolute Gasteiger partial charge is 0.425 e. The summed E-state index contributed by atoms with van der Waals surface area (Å²) in [6.45, 7) is 11.3. The van der Waals surface area contributed by atoms with Crippen LogP contribution in [0.15, 0.2) is 66.9 Å². The maximum absolute atomic E-state index is 15.0. The van der Waals surface area contributed by atoms with Crippen LogP contribution in [0.25, 0.3) is 0 Å². The molecule has 1 aliphatic heterocycles. The van der Waals surface area contributed by atoms with Gasteiger partial charge >= 0.3 is 6.09 Å². The van der Waals surface area contributed by atoms with Gasteiger partial charge in [-0.1, -0.05) is 24.3 Å². The lowest BCUT2D eigenvalue weighted by Crippen LogP contribution is -2.44. The minimum atomic E-state index is -0.677. The first kappa shape index (κ1) is 32.6. The number of hydrogen-bond donors (Lipinski definition) is 1. The Kier molecular flexibility index (Phi) is 10.7. The number of nitrogens with zero attached hydrogens (tertiary/aromatic N) is 5. The number of aromatic nitrogens is 2. The summed E-state index contributed by atoms with van der Waals surface area (Å²) in [5.41, 5.74) is 3.73. The number of benzene rings is 3. The zero-order chi connectivity index (χ0) is 32.6. The van der Waals surface area contributed by atoms with E-state index in [0.717, 1.165) is 55.8 Å². The lowest BCUT2D eigenvalue weighted by molar-refractivity contribution is 0.145. The van der Waals surface area contributed by atoms with E-state index in [-0.39, 0.29) is 23.3 Å². The van der Waals surface area contributed by atoms with Crippen molar-refractivity contribution in [3.05, 3.63) is 89.4 Å². The summed E-state index contributed by atoms with van der Waals surface area (Å²) in [4.78, 5) is 28.9. The molecule has 11 heteroatoms. The highest BCUT2D eigenvalue weighted by molar-refractivity contribution is 5.98. The standard InChI is InChI=1S/C35H41FN6O4/c1-24-10-12-30(31(22-24)44-5)46-35(43)42(33-25(2)8-6-9-26(33)3)32-14-15-37-34(39-32)38-27-11-13-29(28(36)23-27)45-21-7-16-41-19-17-40(4)18-20-41/h6,8-15,22-23H,7,16-21H2,1-5H3,(H,37,38,39). The third-order valence-electron chi connectivity index (χ3n) is 7.89. The molecular weight excluding hydrogens is 587 g/mol. The number of carbonyl (C=O) groups is 1. The molecule has 2 heterocycles. The van der Waals surface area contributed by atoms with Crippen LogP contribution in [-0.4, -0.2) is 79.3 Å². The summed E-state index contributed by atoms with van der Waals surface area (Å²) in [7, 11) is 3.65. The van der Waals surface area contributed by atoms with Gasteiger partial charge in [-0.2, -0.15) is 4.98 Å². The number of para-hydroxylation sites is 1. The minimum Gasteiger partial charge on any atom is -0.493 e. The molecule has 0 saturated carbocycles. The van der Waals surface area contributed by atoms with Crippen LogP contribution in [0.5, 0.6) is 17.2 Å². The van der Waals surface area contributed by atoms with E-state index < -0.39 is 11.9 Å². The first-order valence-corrected chi connectivity index (χ1v) is 15.4. The number of anilines is 4. The summed E-state index contributed by atoms with van der Waals surface area (Å²) in [6, 6.07) is 17.3. The quantitative estimate of drug-likeness (QED) is 0.183. The van der Waals surface area contributed by atoms with Crippen molar-refractivity contribution in [2.45, 2.75) is 27.2 Å². The maximum atomic E-state index is 15.0. The molecule has 1 amide bonds. The third kappa shape index (κ3) is 8.09. The molecule has 46 heavy (non-hydrogen) atoms. The molecule has 0 spiro atoms. The number of methoxy groups -OCH3 is 1. The number of nitrogens with one attached hydrogen (secondary N) is 1. The van der Waals surface area contributed by atoms with Crippen molar-refractivity contribution in [1.82, 2.24) is 19.8 Å². The second-order valence-corrected chi connectivity index (χ2v) is 11.5. The highest BCUT2D eigenvalue weighted by Crippen LogP contribution is 2.34. The molecule has 10 nitrogen and oxygen atoms in total. The Morgan fingerprint density at radius 2 is 1.70 bits per heavy atom. The summed E-state index contributed by atoms with van der Waals surface area (Å²) in [5.74, 6) is 0.854. The van der Waals surface area contributed by atoms with Gasteiger partial charge in [-0.3, -0.25) is 0 Å². The fourth-order valence-corrected chi connectivity index (χ4v) is 5.36. The Balaban J connectivity index is 1.31. The van der Waals surface area contributed by atoms with E-state index in [1.165, 1.54) is 24.3 Å². The van der Waals surface area contributed by atoms with Crippen molar-refractivity contribution < 1.29 is 23.4 Å². The molecule has 0 atom stereocenters. The first-order chi connectivity index (χ1) is 22.2. The van der Waals surface area contributed by atoms with E-state index in [0.29, 0.717) is 23.7 Å². The van der Waals surface area contributed by atoms with Crippen LogP contribution in [-0.2, 0) is 0 Å². The van der Waals surface area contributed by atoms with Gasteiger partial charge in [0.1, 0.15) is 5.82 Å². The van der Waals surface area contributed by atoms with Crippen LogP contribution in [0.2, 0.25) is 0 Å². The fourth-order valence-electron chi connectivity index (χ4n) is 5.36. The normalized spacial score (nSPS) is 13.7. The van der Waals surface area contributed by atoms with Crippen LogP contribution in [0.3, 0.4) is 0 Å². The number of aryl methyl sites for hydroxylation is 3. The van der Waals surface area contributed by atoms with Gasteiger partial charge in [0, 0.05) is 56.7 Å². The molecular formula is C35H41FN6O4. The summed E-state index contributed by atoms with van der Waals surface area (Å²) >= 11 is 0. The number of carbonyl (C=O) groups excluding carboxylic acids is 1. The minimum absolute atomic E-state index is 0.176. The predicted molar refractivity (Wildman–Crippen MR) is 178 cm³/mol. The largest absolute Gasteiger partial charge is 0.493 e. The molecule has 0 unspecified atom stereocenters. The van der Waals surface area contributed by atoms with E-state index >= 15 is 0 Å². The third-order valence-corrected chi connectivity index (χ3v) is 7.89. The Labute approximate surface area is 269 Å². The molecule has 3 aromatic carbocycles. The number of piperazine rings is 1. The lowest BCUT2D eigenvalue weighted by Gasteiger charge is -2.32. The molecule has 0 aliphatic carbocycles. The second-order valence-electron chi connectivity index (χ2n) is 11.5. The average Bonchev–Trinajstić information content (AvgIpc) is 3.03. The van der Waals surface area contributed by atoms with Crippen molar-refractivity contribution in [3.8, 4) is 17.2 Å². The van der Waals surface area contributed by atoms with E-state index in [9.17, 15) is 9.18 Å². The summed E-state index contributed by atoms with van der Waals surface area (Å²) in [6.07, 6.45) is 1.67. The van der Waals surface area contributed by atoms with Crippen LogP contribution >= 0.6 is 0 Å². The van der Waals surface area contributed by atoms with Crippen molar-refractivity contribution in [2.75, 3.05) is 63.7 Å². The van der Waals surface area contributed by atoms with Gasteiger partial charge in [0.15, 0.2) is 23.1 Å². The number of hydrogen-bond acceptors (Lipinski definition) is 9. The highest BCUT2D eigenvalue weighted by atomic mass is 19.1. The van der Waals surface area contributed by atoms with E-state index in [1.54, 1.807) is 30.3 Å². The molecule has 5 rings (SSSR count). The molecule has 0 bridgehead atoms. The summed E-state index contributed by atoms with van der Waals surface area (Å²) in [5, 5.41) is 3.05. The topological polar surface area (TPSA) is 92.3 Å². The van der Waals surface area contributed by atoms with E-state index in [4.69, 9.17) is 14.2 Å². The molecule has 1 aliphatic rings. The number of ether oxygens (including phenoxy) is 3. The average molecular weight is 629 g/mol. The first-order valence-electron chi connectivity index (χ1n) is 15.4. The van der Waals surface area contributed by atoms with Crippen LogP contribution in [0.1, 0.15) is 23.1 Å². The SMILES string of the molecule is COc1cc(C)ccc1OC(=O)N(c1ccnc(Nc2ccc(OCCCN3CCN(C)CC3)c(F)c2)n1)c1c(C)cccc1C. The molecule has 4 aromatic rings. The van der Waals surface area contributed by atoms with E-state index in [1.807, 2.05) is 45.0 Å². The Hall–Kier alpha value is -4.74. The second kappa shape index (κ2) is 15.0. The Bertz CT molecular complexity index is 1640.